The van der Waals surface area contributed by atoms with Gasteiger partial charge in [0.25, 0.3) is 5.91 Å². The van der Waals surface area contributed by atoms with Crippen molar-refractivity contribution in [3.05, 3.63) is 48.0 Å². The highest BCUT2D eigenvalue weighted by molar-refractivity contribution is 5.97. The fourth-order valence-corrected chi connectivity index (χ4v) is 4.49. The Kier molecular flexibility index (Phi) is 4.94. The molecule has 5 N–H and O–H groups in total. The lowest BCUT2D eigenvalue weighted by molar-refractivity contribution is 0.0884. The lowest BCUT2D eigenvalue weighted by Crippen LogP contribution is -2.43. The van der Waals surface area contributed by atoms with Crippen LogP contribution < -0.4 is 16.4 Å². The van der Waals surface area contributed by atoms with E-state index in [2.05, 4.69) is 50.3 Å². The summed E-state index contributed by atoms with van der Waals surface area (Å²) in [7, 11) is 0. The minimum absolute atomic E-state index is 0.0551. The molecule has 32 heavy (non-hydrogen) atoms. The second kappa shape index (κ2) is 7.68. The number of anilines is 1. The largest absolute Gasteiger partial charge is 0.390 e. The Morgan fingerprint density at radius 2 is 2.09 bits per heavy atom. The maximum absolute atomic E-state index is 12.7. The third-order valence-corrected chi connectivity index (χ3v) is 6.16. The molecule has 3 aromatic rings. The molecule has 2 aliphatic rings. The normalized spacial score (nSPS) is 21.5. The first kappa shape index (κ1) is 20.6. The van der Waals surface area contributed by atoms with Gasteiger partial charge < -0.3 is 21.5 Å². The molecule has 5 rings (SSSR count). The molecule has 0 aliphatic carbocycles. The molecule has 9 heteroatoms. The van der Waals surface area contributed by atoms with Crippen LogP contribution in [0.4, 0.5) is 5.82 Å². The maximum atomic E-state index is 12.7. The highest BCUT2D eigenvalue weighted by Gasteiger charge is 2.32. The van der Waals surface area contributed by atoms with Crippen LogP contribution in [0.3, 0.4) is 0 Å². The lowest BCUT2D eigenvalue weighted by atomic mass is 9.89. The summed E-state index contributed by atoms with van der Waals surface area (Å²) in [6.45, 7) is 6.34. The molecule has 9 nitrogen and oxygen atoms in total. The van der Waals surface area contributed by atoms with Crippen molar-refractivity contribution in [3.8, 4) is 22.4 Å². The number of benzene rings is 1. The first-order valence-corrected chi connectivity index (χ1v) is 10.8. The number of nitrogens with one attached hydrogen (secondary N) is 2. The first-order valence-electron chi connectivity index (χ1n) is 10.8. The molecule has 2 aromatic heterocycles. The van der Waals surface area contributed by atoms with Gasteiger partial charge in [0, 0.05) is 36.5 Å². The number of rotatable bonds is 4. The van der Waals surface area contributed by atoms with Crippen molar-refractivity contribution in [1.82, 2.24) is 30.4 Å². The van der Waals surface area contributed by atoms with Crippen LogP contribution in [0.25, 0.3) is 22.4 Å². The summed E-state index contributed by atoms with van der Waals surface area (Å²) in [6.07, 6.45) is 3.82. The molecular weight excluding hydrogens is 406 g/mol. The van der Waals surface area contributed by atoms with E-state index >= 15 is 0 Å². The van der Waals surface area contributed by atoms with Gasteiger partial charge in [0.1, 0.15) is 0 Å². The van der Waals surface area contributed by atoms with Gasteiger partial charge in [-0.3, -0.25) is 9.48 Å². The Balaban J connectivity index is 1.44. The number of hydrogen-bond donors (Lipinski definition) is 4. The molecule has 1 aromatic carbocycles. The van der Waals surface area contributed by atoms with Gasteiger partial charge in [-0.1, -0.05) is 32.0 Å². The molecule has 2 aliphatic heterocycles. The van der Waals surface area contributed by atoms with Gasteiger partial charge in [-0.25, -0.2) is 9.97 Å². The summed E-state index contributed by atoms with van der Waals surface area (Å²) in [5.41, 5.74) is 11.0. The van der Waals surface area contributed by atoms with Gasteiger partial charge in [0.2, 0.25) is 0 Å². The van der Waals surface area contributed by atoms with E-state index in [1.165, 1.54) is 5.69 Å². The molecule has 0 saturated carbocycles. The second-order valence-electron chi connectivity index (χ2n) is 9.38. The third kappa shape index (κ3) is 3.74. The third-order valence-electron chi connectivity index (χ3n) is 6.16. The average molecular weight is 434 g/mol. The van der Waals surface area contributed by atoms with Crippen LogP contribution in [-0.2, 0) is 13.0 Å². The predicted octanol–water partition coefficient (Wildman–Crippen LogP) is 1.23. The van der Waals surface area contributed by atoms with Crippen molar-refractivity contribution < 1.29 is 9.90 Å². The number of aliphatic hydroxyl groups excluding tert-OH is 1. The van der Waals surface area contributed by atoms with Gasteiger partial charge in [-0.05, 0) is 23.5 Å². The van der Waals surface area contributed by atoms with Crippen molar-refractivity contribution >= 4 is 11.7 Å². The lowest BCUT2D eigenvalue weighted by Gasteiger charge is -2.16. The average Bonchev–Trinajstić information content (AvgIpc) is 3.42. The molecule has 0 unspecified atom stereocenters. The molecule has 1 saturated heterocycles. The number of nitrogens with two attached hydrogens (primary N) is 1. The maximum Gasteiger partial charge on any atom is 0.274 e. The van der Waals surface area contributed by atoms with E-state index in [4.69, 9.17) is 5.73 Å². The first-order chi connectivity index (χ1) is 15.3. The van der Waals surface area contributed by atoms with Crippen LogP contribution in [0.5, 0.6) is 0 Å². The molecule has 0 bridgehead atoms. The van der Waals surface area contributed by atoms with Gasteiger partial charge >= 0.3 is 0 Å². The number of β-amino-alcohol motifs (C(OH)–C–C–N with tert-alkyl or cyclic N) is 1. The summed E-state index contributed by atoms with van der Waals surface area (Å²) < 4.78 is 2.08. The number of nitrogens with zero attached hydrogens (tertiary/aromatic N) is 4. The van der Waals surface area contributed by atoms with Crippen LogP contribution in [-0.4, -0.2) is 56.0 Å². The summed E-state index contributed by atoms with van der Waals surface area (Å²) in [4.78, 5) is 21.5. The number of carbonyl (C=O) groups excluding carboxylic acids is 1. The Bertz CT molecular complexity index is 1190. The van der Waals surface area contributed by atoms with E-state index in [1.54, 1.807) is 6.20 Å². The topological polar surface area (TPSA) is 131 Å². The zero-order chi connectivity index (χ0) is 22.5. The Morgan fingerprint density at radius 1 is 1.28 bits per heavy atom. The Hall–Kier alpha value is -3.30. The van der Waals surface area contributed by atoms with Crippen molar-refractivity contribution in [1.29, 1.82) is 0 Å². The Labute approximate surface area is 186 Å². The van der Waals surface area contributed by atoms with Crippen LogP contribution >= 0.6 is 0 Å². The smallest absolute Gasteiger partial charge is 0.274 e. The van der Waals surface area contributed by atoms with E-state index < -0.39 is 12.0 Å². The van der Waals surface area contributed by atoms with Crippen molar-refractivity contribution in [2.45, 2.75) is 39.0 Å². The second-order valence-corrected chi connectivity index (χ2v) is 9.38. The van der Waals surface area contributed by atoms with E-state index in [9.17, 15) is 9.90 Å². The van der Waals surface area contributed by atoms with Crippen molar-refractivity contribution in [3.63, 3.8) is 0 Å². The molecule has 166 valence electrons. The summed E-state index contributed by atoms with van der Waals surface area (Å²) in [5, 5.41) is 20.3. The van der Waals surface area contributed by atoms with Gasteiger partial charge in [-0.15, -0.1) is 0 Å². The van der Waals surface area contributed by atoms with E-state index in [-0.39, 0.29) is 23.0 Å². The number of nitrogen functional groups attached to an aromatic ring is 1. The molecular formula is C23H27N7O2. The summed E-state index contributed by atoms with van der Waals surface area (Å²) in [5.74, 6) is -0.392. The van der Waals surface area contributed by atoms with Crippen molar-refractivity contribution in [2.24, 2.45) is 5.41 Å². The summed E-state index contributed by atoms with van der Waals surface area (Å²) in [6, 6.07) is 7.61. The van der Waals surface area contributed by atoms with Gasteiger partial charge in [0.05, 0.1) is 30.2 Å². The van der Waals surface area contributed by atoms with Crippen LogP contribution in [0.1, 0.15) is 30.0 Å². The van der Waals surface area contributed by atoms with E-state index in [1.807, 2.05) is 24.4 Å². The molecule has 2 atom stereocenters. The number of aromatic nitrogens is 4. The number of fused-ring (bicyclic) bond motifs is 1. The van der Waals surface area contributed by atoms with Crippen LogP contribution in [0, 0.1) is 5.41 Å². The fourth-order valence-electron chi connectivity index (χ4n) is 4.49. The molecule has 0 spiro atoms. The minimum Gasteiger partial charge on any atom is -0.390 e. The number of hydrogen-bond acceptors (Lipinski definition) is 7. The van der Waals surface area contributed by atoms with Gasteiger partial charge in [0.15, 0.2) is 11.5 Å². The summed E-state index contributed by atoms with van der Waals surface area (Å²) >= 11 is 0. The highest BCUT2D eigenvalue weighted by Crippen LogP contribution is 2.37. The molecule has 1 amide bonds. The number of carbonyl (C=O) groups is 1. The monoisotopic (exact) mass is 433 g/mol. The molecule has 1 fully saturated rings. The predicted molar refractivity (Wildman–Crippen MR) is 121 cm³/mol. The van der Waals surface area contributed by atoms with E-state index in [0.29, 0.717) is 18.8 Å². The van der Waals surface area contributed by atoms with Crippen LogP contribution in [0.15, 0.2) is 36.7 Å². The Morgan fingerprint density at radius 3 is 2.88 bits per heavy atom. The number of amides is 1. The SMILES string of the molecule is CC1(C)Cc2c(-c3cccc(-c4cnc(N)c(C(=O)N[C@@H]5CNC[C@H]5O)n4)c3)cnn2C1. The zero-order valence-electron chi connectivity index (χ0n) is 18.2. The molecule has 0 radical (unpaired) electrons. The van der Waals surface area contributed by atoms with Crippen molar-refractivity contribution in [2.75, 3.05) is 18.8 Å². The highest BCUT2D eigenvalue weighted by atomic mass is 16.3. The van der Waals surface area contributed by atoms with Crippen LogP contribution in [0.2, 0.25) is 0 Å². The van der Waals surface area contributed by atoms with E-state index in [0.717, 1.165) is 29.7 Å². The standard InChI is InChI=1S/C23H27N7O2/c1-23(2)7-18-15(8-27-30(18)12-23)13-4-3-5-14(6-13)16-10-26-21(24)20(28-16)22(32)29-17-9-25-11-19(17)31/h3-6,8,10,17,19,25,31H,7,9,11-12H2,1-2H3,(H2,24,26)(H,29,32)/t17-,19-/m1/s1. The number of aliphatic hydroxyl groups is 1. The quantitative estimate of drug-likeness (QED) is 0.487. The van der Waals surface area contributed by atoms with Gasteiger partial charge in [-0.2, -0.15) is 5.10 Å². The minimum atomic E-state index is -0.643. The fraction of sp³-hybridized carbons (Fsp3) is 0.391. The molecule has 4 heterocycles. The zero-order valence-corrected chi connectivity index (χ0v) is 18.2.